The fourth-order valence-electron chi connectivity index (χ4n) is 1.53. The van der Waals surface area contributed by atoms with Crippen LogP contribution >= 0.6 is 11.6 Å². The lowest BCUT2D eigenvalue weighted by atomic mass is 10.3. The Morgan fingerprint density at radius 3 is 2.65 bits per heavy atom. The minimum atomic E-state index is -0.689. The summed E-state index contributed by atoms with van der Waals surface area (Å²) in [6.07, 6.45) is 1.43. The molecular weight excluding hydrogens is 282 g/mol. The molecule has 0 aliphatic carbocycles. The van der Waals surface area contributed by atoms with Gasteiger partial charge in [-0.15, -0.1) is 0 Å². The van der Waals surface area contributed by atoms with E-state index >= 15 is 0 Å². The van der Waals surface area contributed by atoms with Gasteiger partial charge >= 0.3 is 5.97 Å². The largest absolute Gasteiger partial charge is 0.452 e. The summed E-state index contributed by atoms with van der Waals surface area (Å²) in [5.41, 5.74) is 0.759. The second kappa shape index (κ2) is 6.21. The number of hydrogen-bond acceptors (Lipinski definition) is 4. The molecule has 0 saturated heterocycles. The molecule has 0 saturated carbocycles. The van der Waals surface area contributed by atoms with Crippen LogP contribution in [0.15, 0.2) is 36.5 Å². The van der Waals surface area contributed by atoms with Crippen molar-refractivity contribution in [1.29, 1.82) is 0 Å². The van der Waals surface area contributed by atoms with Crippen molar-refractivity contribution in [2.75, 3.05) is 11.9 Å². The number of nitrogens with zero attached hydrogens (tertiary/aromatic N) is 2. The number of benzene rings is 1. The molecule has 1 N–H and O–H groups in total. The number of aryl methyl sites for hydroxylation is 1. The molecule has 0 spiro atoms. The Morgan fingerprint density at radius 1 is 1.35 bits per heavy atom. The summed E-state index contributed by atoms with van der Waals surface area (Å²) in [7, 11) is 1.63. The van der Waals surface area contributed by atoms with Gasteiger partial charge in [0.15, 0.2) is 11.8 Å². The summed E-state index contributed by atoms with van der Waals surface area (Å²) < 4.78 is 6.26. The molecule has 6 nitrogen and oxygen atoms in total. The third-order valence-electron chi connectivity index (χ3n) is 2.40. The van der Waals surface area contributed by atoms with Crippen LogP contribution in [0.2, 0.25) is 5.15 Å². The summed E-state index contributed by atoms with van der Waals surface area (Å²) in [5, 5.41) is 6.45. The molecule has 104 valence electrons. The molecule has 1 amide bonds. The Labute approximate surface area is 120 Å². The number of halogens is 1. The predicted molar refractivity (Wildman–Crippen MR) is 73.6 cm³/mol. The van der Waals surface area contributed by atoms with Crippen LogP contribution in [0.3, 0.4) is 0 Å². The first-order valence-electron chi connectivity index (χ1n) is 5.77. The van der Waals surface area contributed by atoms with Gasteiger partial charge in [0.25, 0.3) is 5.91 Å². The zero-order valence-corrected chi connectivity index (χ0v) is 11.4. The quantitative estimate of drug-likeness (QED) is 0.873. The molecule has 2 rings (SSSR count). The average Bonchev–Trinajstić information content (AvgIpc) is 2.76. The number of hydrogen-bond donors (Lipinski definition) is 1. The van der Waals surface area contributed by atoms with Crippen molar-refractivity contribution < 1.29 is 14.3 Å². The van der Waals surface area contributed by atoms with Crippen LogP contribution in [0.5, 0.6) is 0 Å². The van der Waals surface area contributed by atoms with E-state index in [0.717, 1.165) is 0 Å². The minimum absolute atomic E-state index is 0.0426. The highest BCUT2D eigenvalue weighted by molar-refractivity contribution is 6.32. The van der Waals surface area contributed by atoms with E-state index in [1.54, 1.807) is 31.3 Å². The minimum Gasteiger partial charge on any atom is -0.452 e. The number of nitrogens with one attached hydrogen (secondary N) is 1. The average molecular weight is 294 g/mol. The topological polar surface area (TPSA) is 73.2 Å². The van der Waals surface area contributed by atoms with Gasteiger partial charge in [-0.1, -0.05) is 29.8 Å². The summed E-state index contributed by atoms with van der Waals surface area (Å²) >= 11 is 5.75. The summed E-state index contributed by atoms with van der Waals surface area (Å²) in [6, 6.07) is 8.88. The third kappa shape index (κ3) is 3.58. The van der Waals surface area contributed by atoms with Crippen molar-refractivity contribution in [1.82, 2.24) is 9.78 Å². The van der Waals surface area contributed by atoms with E-state index in [1.807, 2.05) is 6.07 Å². The first-order chi connectivity index (χ1) is 9.56. The van der Waals surface area contributed by atoms with Crippen LogP contribution < -0.4 is 5.32 Å². The molecule has 0 radical (unpaired) electrons. The van der Waals surface area contributed by atoms with Gasteiger partial charge < -0.3 is 10.1 Å². The fourth-order valence-corrected chi connectivity index (χ4v) is 1.77. The zero-order chi connectivity index (χ0) is 14.5. The van der Waals surface area contributed by atoms with Crippen molar-refractivity contribution in [3.8, 4) is 0 Å². The number of para-hydroxylation sites is 1. The van der Waals surface area contributed by atoms with Crippen molar-refractivity contribution >= 4 is 29.2 Å². The van der Waals surface area contributed by atoms with E-state index in [0.29, 0.717) is 5.69 Å². The second-order valence-corrected chi connectivity index (χ2v) is 4.36. The summed E-state index contributed by atoms with van der Waals surface area (Å²) in [4.78, 5) is 23.3. The molecule has 0 atom stereocenters. The van der Waals surface area contributed by atoms with Crippen LogP contribution in [0.1, 0.15) is 10.4 Å². The van der Waals surface area contributed by atoms with E-state index in [1.165, 1.54) is 10.9 Å². The number of amides is 1. The van der Waals surface area contributed by atoms with Gasteiger partial charge in [-0.2, -0.15) is 5.10 Å². The second-order valence-electron chi connectivity index (χ2n) is 4.00. The lowest BCUT2D eigenvalue weighted by molar-refractivity contribution is -0.119. The maximum absolute atomic E-state index is 11.7. The highest BCUT2D eigenvalue weighted by Crippen LogP contribution is 2.13. The molecule has 7 heteroatoms. The van der Waals surface area contributed by atoms with Crippen LogP contribution in [-0.2, 0) is 16.6 Å². The maximum atomic E-state index is 11.7. The highest BCUT2D eigenvalue weighted by atomic mass is 35.5. The van der Waals surface area contributed by atoms with Gasteiger partial charge in [-0.25, -0.2) is 4.79 Å². The van der Waals surface area contributed by atoms with Crippen LogP contribution in [0, 0.1) is 0 Å². The number of anilines is 1. The Balaban J connectivity index is 1.87. The van der Waals surface area contributed by atoms with Crippen LogP contribution in [0.25, 0.3) is 0 Å². The van der Waals surface area contributed by atoms with Gasteiger partial charge in [0.1, 0.15) is 5.56 Å². The molecule has 1 heterocycles. The number of aromatic nitrogens is 2. The Morgan fingerprint density at radius 2 is 2.05 bits per heavy atom. The highest BCUT2D eigenvalue weighted by Gasteiger charge is 2.16. The predicted octanol–water partition coefficient (Wildman–Crippen LogP) is 1.87. The molecule has 0 bridgehead atoms. The number of carbonyl (C=O) groups is 2. The Kier molecular flexibility index (Phi) is 4.37. The summed E-state index contributed by atoms with van der Waals surface area (Å²) in [5.74, 6) is -1.11. The van der Waals surface area contributed by atoms with E-state index in [2.05, 4.69) is 10.4 Å². The van der Waals surface area contributed by atoms with Crippen molar-refractivity contribution in [2.24, 2.45) is 7.05 Å². The van der Waals surface area contributed by atoms with Crippen molar-refractivity contribution in [2.45, 2.75) is 0 Å². The van der Waals surface area contributed by atoms with Gasteiger partial charge in [-0.05, 0) is 12.1 Å². The lowest BCUT2D eigenvalue weighted by Gasteiger charge is -2.05. The third-order valence-corrected chi connectivity index (χ3v) is 2.67. The van der Waals surface area contributed by atoms with E-state index in [4.69, 9.17) is 16.3 Å². The SMILES string of the molecule is Cn1cc(C(=O)OCC(=O)Nc2ccccc2)c(Cl)n1. The van der Waals surface area contributed by atoms with Crippen molar-refractivity contribution in [3.05, 3.63) is 47.2 Å². The first kappa shape index (κ1) is 14.1. The van der Waals surface area contributed by atoms with Gasteiger partial charge in [0.2, 0.25) is 0 Å². The number of ether oxygens (including phenoxy) is 1. The number of rotatable bonds is 4. The standard InChI is InChI=1S/C13H12ClN3O3/c1-17-7-10(12(14)16-17)13(19)20-8-11(18)15-9-5-3-2-4-6-9/h2-7H,8H2,1H3,(H,15,18). The molecule has 0 aliphatic heterocycles. The Hall–Kier alpha value is -2.34. The van der Waals surface area contributed by atoms with Gasteiger partial charge in [0.05, 0.1) is 0 Å². The smallest absolute Gasteiger partial charge is 0.343 e. The molecule has 2 aromatic rings. The van der Waals surface area contributed by atoms with Gasteiger partial charge in [-0.3, -0.25) is 9.48 Å². The van der Waals surface area contributed by atoms with Crippen LogP contribution in [-0.4, -0.2) is 28.3 Å². The molecule has 1 aromatic heterocycles. The molecule has 20 heavy (non-hydrogen) atoms. The fraction of sp³-hybridized carbons (Fsp3) is 0.154. The first-order valence-corrected chi connectivity index (χ1v) is 6.15. The van der Waals surface area contributed by atoms with E-state index in [-0.39, 0.29) is 17.3 Å². The Bertz CT molecular complexity index is 625. The molecule has 1 aromatic carbocycles. The molecule has 0 aliphatic rings. The number of esters is 1. The molecule has 0 fully saturated rings. The van der Waals surface area contributed by atoms with Gasteiger partial charge in [0, 0.05) is 18.9 Å². The lowest BCUT2D eigenvalue weighted by Crippen LogP contribution is -2.20. The maximum Gasteiger partial charge on any atom is 0.343 e. The molecular formula is C13H12ClN3O3. The zero-order valence-electron chi connectivity index (χ0n) is 10.7. The normalized spacial score (nSPS) is 10.1. The monoisotopic (exact) mass is 293 g/mol. The van der Waals surface area contributed by atoms with Crippen LogP contribution in [0.4, 0.5) is 5.69 Å². The van der Waals surface area contributed by atoms with Crippen molar-refractivity contribution in [3.63, 3.8) is 0 Å². The van der Waals surface area contributed by atoms with E-state index in [9.17, 15) is 9.59 Å². The molecule has 0 unspecified atom stereocenters. The summed E-state index contributed by atoms with van der Waals surface area (Å²) in [6.45, 7) is -0.390. The van der Waals surface area contributed by atoms with E-state index < -0.39 is 11.9 Å². The number of carbonyl (C=O) groups excluding carboxylic acids is 2.